The first-order valence-corrected chi connectivity index (χ1v) is 6.56. The number of alkyl halides is 1. The molecule has 7 nitrogen and oxygen atoms in total. The normalized spacial score (nSPS) is 34.6. The minimum Gasteiger partial charge on any atom is -0.453 e. The van der Waals surface area contributed by atoms with Gasteiger partial charge in [-0.15, -0.1) is 0 Å². The van der Waals surface area contributed by atoms with E-state index in [0.717, 1.165) is 13.8 Å². The third kappa shape index (κ3) is 2.16. The van der Waals surface area contributed by atoms with Gasteiger partial charge < -0.3 is 14.5 Å². The molecule has 1 N–H and O–H groups in total. The van der Waals surface area contributed by atoms with Gasteiger partial charge in [-0.1, -0.05) is 0 Å². The number of carbonyl (C=O) groups excluding carboxylic acids is 1. The van der Waals surface area contributed by atoms with Gasteiger partial charge in [0, 0.05) is 13.1 Å². The highest BCUT2D eigenvalue weighted by Gasteiger charge is 2.65. The van der Waals surface area contributed by atoms with Crippen LogP contribution in [0.5, 0.6) is 0 Å². The molecule has 0 aliphatic carbocycles. The fourth-order valence-electron chi connectivity index (χ4n) is 2.55. The second-order valence-corrected chi connectivity index (χ2v) is 5.52. The van der Waals surface area contributed by atoms with Crippen molar-refractivity contribution in [2.24, 2.45) is 0 Å². The van der Waals surface area contributed by atoms with Gasteiger partial charge in [0.25, 0.3) is 5.56 Å². The van der Waals surface area contributed by atoms with Crippen LogP contribution in [-0.2, 0) is 14.3 Å². The van der Waals surface area contributed by atoms with E-state index in [4.69, 9.17) is 9.47 Å². The number of nitrogens with one attached hydrogen (secondary N) is 1. The lowest BCUT2D eigenvalue weighted by Gasteiger charge is -2.36. The van der Waals surface area contributed by atoms with Crippen LogP contribution in [0.2, 0.25) is 0 Å². The van der Waals surface area contributed by atoms with Crippen molar-refractivity contribution in [3.8, 4) is 0 Å². The van der Waals surface area contributed by atoms with Gasteiger partial charge in [0.15, 0.2) is 17.5 Å². The van der Waals surface area contributed by atoms with Crippen molar-refractivity contribution < 1.29 is 23.0 Å². The molecule has 0 radical (unpaired) electrons. The zero-order valence-electron chi connectivity index (χ0n) is 12.5. The fraction of sp³-hybridized carbons (Fsp3) is 0.615. The first-order chi connectivity index (χ1) is 10.0. The summed E-state index contributed by atoms with van der Waals surface area (Å²) >= 11 is 0. The Kier molecular flexibility index (Phi) is 3.72. The molecule has 1 aromatic rings. The van der Waals surface area contributed by atoms with Crippen molar-refractivity contribution >= 4 is 5.97 Å². The molecule has 122 valence electrons. The Balaban J connectivity index is 2.61. The highest BCUT2D eigenvalue weighted by molar-refractivity contribution is 5.67. The van der Waals surface area contributed by atoms with Crippen molar-refractivity contribution in [1.82, 2.24) is 9.55 Å². The molecule has 22 heavy (non-hydrogen) atoms. The number of halogens is 2. The molecule has 9 heteroatoms. The molecule has 0 saturated carbocycles. The number of H-pyrrole nitrogens is 1. The number of hydrogen-bond acceptors (Lipinski definition) is 5. The van der Waals surface area contributed by atoms with Crippen molar-refractivity contribution in [3.05, 3.63) is 32.9 Å². The van der Waals surface area contributed by atoms with Crippen LogP contribution in [0.4, 0.5) is 8.78 Å². The number of rotatable bonds is 2. The van der Waals surface area contributed by atoms with E-state index in [0.29, 0.717) is 10.8 Å². The summed E-state index contributed by atoms with van der Waals surface area (Å²) in [6.45, 7) is 4.85. The largest absolute Gasteiger partial charge is 0.453 e. The van der Waals surface area contributed by atoms with Crippen molar-refractivity contribution in [3.63, 3.8) is 0 Å². The van der Waals surface area contributed by atoms with Crippen LogP contribution in [0.1, 0.15) is 33.9 Å². The first-order valence-electron chi connectivity index (χ1n) is 6.56. The smallest absolute Gasteiger partial charge is 0.330 e. The first kappa shape index (κ1) is 16.3. The lowest BCUT2D eigenvalue weighted by atomic mass is 9.84. The highest BCUT2D eigenvalue weighted by atomic mass is 19.1. The summed E-state index contributed by atoms with van der Waals surface area (Å²) in [7, 11) is 0. The maximum atomic E-state index is 15.3. The SMILES string of the molecule is CC(=O)OC1(C)[C@@H](C)OC(n2c(=O)[nH]cc(F)c2=O)[C@]1(C)F. The molecule has 4 atom stereocenters. The van der Waals surface area contributed by atoms with Gasteiger partial charge in [-0.05, 0) is 20.8 Å². The van der Waals surface area contributed by atoms with Gasteiger partial charge in [0.05, 0.1) is 0 Å². The summed E-state index contributed by atoms with van der Waals surface area (Å²) in [4.78, 5) is 36.8. The molecule has 1 aliphatic heterocycles. The zero-order chi connectivity index (χ0) is 16.9. The summed E-state index contributed by atoms with van der Waals surface area (Å²) in [6.07, 6.45) is -2.12. The number of aromatic nitrogens is 2. The predicted molar refractivity (Wildman–Crippen MR) is 70.5 cm³/mol. The maximum absolute atomic E-state index is 15.3. The molecule has 0 bridgehead atoms. The monoisotopic (exact) mass is 318 g/mol. The van der Waals surface area contributed by atoms with Crippen LogP contribution in [0.15, 0.2) is 15.8 Å². The molecule has 1 aromatic heterocycles. The molecule has 2 unspecified atom stereocenters. The van der Waals surface area contributed by atoms with E-state index < -0.39 is 46.6 Å². The van der Waals surface area contributed by atoms with E-state index in [2.05, 4.69) is 0 Å². The van der Waals surface area contributed by atoms with E-state index in [1.807, 2.05) is 4.98 Å². The number of nitrogens with zero attached hydrogens (tertiary/aromatic N) is 1. The average molecular weight is 318 g/mol. The lowest BCUT2D eigenvalue weighted by Crippen LogP contribution is -2.55. The Morgan fingerprint density at radius 2 is 2.05 bits per heavy atom. The molecular weight excluding hydrogens is 302 g/mol. The second kappa shape index (κ2) is 5.01. The molecular formula is C13H16F2N2O5. The van der Waals surface area contributed by atoms with Crippen LogP contribution in [-0.4, -0.2) is 32.9 Å². The Morgan fingerprint density at radius 3 is 2.59 bits per heavy atom. The van der Waals surface area contributed by atoms with Crippen LogP contribution >= 0.6 is 0 Å². The summed E-state index contributed by atoms with van der Waals surface area (Å²) in [5, 5.41) is 0. The molecule has 2 rings (SSSR count). The Hall–Kier alpha value is -2.03. The van der Waals surface area contributed by atoms with Crippen molar-refractivity contribution in [1.29, 1.82) is 0 Å². The third-order valence-electron chi connectivity index (χ3n) is 4.10. The lowest BCUT2D eigenvalue weighted by molar-refractivity contribution is -0.172. The topological polar surface area (TPSA) is 90.4 Å². The third-order valence-corrected chi connectivity index (χ3v) is 4.10. The number of ether oxygens (including phenoxy) is 2. The maximum Gasteiger partial charge on any atom is 0.330 e. The molecule has 1 fully saturated rings. The van der Waals surface area contributed by atoms with E-state index in [9.17, 15) is 18.8 Å². The average Bonchev–Trinajstić information content (AvgIpc) is 2.55. The van der Waals surface area contributed by atoms with Crippen LogP contribution in [0.3, 0.4) is 0 Å². The number of hydrogen-bond donors (Lipinski definition) is 1. The molecule has 1 aliphatic rings. The van der Waals surface area contributed by atoms with Gasteiger partial charge in [0.2, 0.25) is 5.82 Å². The highest BCUT2D eigenvalue weighted by Crippen LogP contribution is 2.49. The summed E-state index contributed by atoms with van der Waals surface area (Å²) < 4.78 is 39.3. The minimum absolute atomic E-state index is 0.306. The molecule has 0 aromatic carbocycles. The van der Waals surface area contributed by atoms with Crippen molar-refractivity contribution in [2.75, 3.05) is 0 Å². The zero-order valence-corrected chi connectivity index (χ0v) is 12.5. The van der Waals surface area contributed by atoms with Gasteiger partial charge in [-0.2, -0.15) is 4.39 Å². The van der Waals surface area contributed by atoms with E-state index in [1.54, 1.807) is 0 Å². The predicted octanol–water partition coefficient (Wildman–Crippen LogP) is 0.643. The Labute approximate surface area is 123 Å². The summed E-state index contributed by atoms with van der Waals surface area (Å²) in [6, 6.07) is 0. The molecule has 0 amide bonds. The van der Waals surface area contributed by atoms with Crippen LogP contribution in [0, 0.1) is 5.82 Å². The van der Waals surface area contributed by atoms with Gasteiger partial charge in [0.1, 0.15) is 6.10 Å². The van der Waals surface area contributed by atoms with Crippen LogP contribution < -0.4 is 11.2 Å². The number of carbonyl (C=O) groups is 1. The quantitative estimate of drug-likeness (QED) is 0.808. The van der Waals surface area contributed by atoms with Gasteiger partial charge >= 0.3 is 11.7 Å². The van der Waals surface area contributed by atoms with E-state index >= 15 is 4.39 Å². The summed E-state index contributed by atoms with van der Waals surface area (Å²) in [5.41, 5.74) is -6.54. The van der Waals surface area contributed by atoms with Crippen LogP contribution in [0.25, 0.3) is 0 Å². The number of aromatic amines is 1. The summed E-state index contributed by atoms with van der Waals surface area (Å²) in [5.74, 6) is -2.00. The minimum atomic E-state index is -2.44. The fourth-order valence-corrected chi connectivity index (χ4v) is 2.55. The number of esters is 1. The Morgan fingerprint density at radius 1 is 1.45 bits per heavy atom. The van der Waals surface area contributed by atoms with E-state index in [-0.39, 0.29) is 0 Å². The van der Waals surface area contributed by atoms with Crippen molar-refractivity contribution in [2.45, 2.75) is 51.3 Å². The second-order valence-electron chi connectivity index (χ2n) is 5.52. The molecule has 2 heterocycles. The van der Waals surface area contributed by atoms with Gasteiger partial charge in [-0.3, -0.25) is 9.59 Å². The van der Waals surface area contributed by atoms with E-state index in [1.165, 1.54) is 13.8 Å². The standard InChI is InChI=1S/C13H16F2N2O5/c1-6-13(4,22-7(2)18)12(3,15)10(21-6)17-9(19)8(14)5-16-11(17)20/h5-6,10H,1-4H3,(H,16,20)/t6-,10?,12+,13?/m1/s1. The van der Waals surface area contributed by atoms with Gasteiger partial charge in [-0.25, -0.2) is 13.8 Å². The Bertz CT molecular complexity index is 726. The molecule has 0 spiro atoms. The molecule has 1 saturated heterocycles.